The predicted molar refractivity (Wildman–Crippen MR) is 94.0 cm³/mol. The summed E-state index contributed by atoms with van der Waals surface area (Å²) < 4.78 is 0. The van der Waals surface area contributed by atoms with Crippen molar-refractivity contribution < 1.29 is 0 Å². The van der Waals surface area contributed by atoms with E-state index in [9.17, 15) is 0 Å². The highest BCUT2D eigenvalue weighted by atomic mass is 14.3. The molecule has 2 aliphatic rings. The molecule has 104 valence electrons. The third kappa shape index (κ3) is 1.58. The molecule has 1 unspecified atom stereocenters. The number of hydrogen-bond acceptors (Lipinski definition) is 0. The lowest BCUT2D eigenvalue weighted by molar-refractivity contribution is 1.03. The monoisotopic (exact) mass is 280 g/mol. The van der Waals surface area contributed by atoms with E-state index >= 15 is 0 Å². The first kappa shape index (κ1) is 12.0. The molecule has 22 heavy (non-hydrogen) atoms. The van der Waals surface area contributed by atoms with E-state index in [2.05, 4.69) is 78.9 Å². The fraction of sp³-hybridized carbons (Fsp3) is 0.0909. The predicted octanol–water partition coefficient (Wildman–Crippen LogP) is 5.57. The van der Waals surface area contributed by atoms with Gasteiger partial charge in [-0.05, 0) is 45.0 Å². The van der Waals surface area contributed by atoms with Gasteiger partial charge in [-0.25, -0.2) is 0 Å². The molecule has 2 aliphatic carbocycles. The Kier molecular flexibility index (Phi) is 2.42. The van der Waals surface area contributed by atoms with E-state index in [1.807, 2.05) is 0 Å². The summed E-state index contributed by atoms with van der Waals surface area (Å²) in [6, 6.07) is 20.0. The highest BCUT2D eigenvalue weighted by Gasteiger charge is 2.22. The minimum atomic E-state index is 0.358. The summed E-state index contributed by atoms with van der Waals surface area (Å²) in [5, 5.41) is 2.75. The maximum absolute atomic E-state index is 2.36. The minimum Gasteiger partial charge on any atom is -0.0795 e. The first-order chi connectivity index (χ1) is 10.9. The number of benzene rings is 3. The number of allylic oxidation sites excluding steroid dienone is 2. The zero-order chi connectivity index (χ0) is 14.5. The van der Waals surface area contributed by atoms with Crippen molar-refractivity contribution in [1.29, 1.82) is 0 Å². The van der Waals surface area contributed by atoms with Gasteiger partial charge in [-0.15, -0.1) is 0 Å². The van der Waals surface area contributed by atoms with Crippen molar-refractivity contribution in [1.82, 2.24) is 0 Å². The van der Waals surface area contributed by atoms with Crippen LogP contribution < -0.4 is 0 Å². The quantitative estimate of drug-likeness (QED) is 0.547. The van der Waals surface area contributed by atoms with E-state index in [0.717, 1.165) is 6.42 Å². The molecule has 0 amide bonds. The van der Waals surface area contributed by atoms with Crippen LogP contribution in [0.1, 0.15) is 33.7 Å². The molecule has 0 aromatic heterocycles. The summed E-state index contributed by atoms with van der Waals surface area (Å²) in [5.41, 5.74) is 7.09. The molecule has 0 radical (unpaired) electrons. The van der Waals surface area contributed by atoms with Gasteiger partial charge in [-0.1, -0.05) is 78.9 Å². The van der Waals surface area contributed by atoms with Gasteiger partial charge < -0.3 is 0 Å². The van der Waals surface area contributed by atoms with Gasteiger partial charge in [0, 0.05) is 5.92 Å². The average Bonchev–Trinajstić information content (AvgIpc) is 3.05. The van der Waals surface area contributed by atoms with Crippen molar-refractivity contribution >= 4 is 22.9 Å². The van der Waals surface area contributed by atoms with E-state index in [-0.39, 0.29) is 0 Å². The van der Waals surface area contributed by atoms with Crippen molar-refractivity contribution in [2.45, 2.75) is 12.3 Å². The summed E-state index contributed by atoms with van der Waals surface area (Å²) in [7, 11) is 0. The summed E-state index contributed by atoms with van der Waals surface area (Å²) in [6.07, 6.45) is 10.3. The van der Waals surface area contributed by atoms with E-state index in [0.29, 0.717) is 5.92 Å². The van der Waals surface area contributed by atoms with Crippen LogP contribution in [0.25, 0.3) is 22.9 Å². The van der Waals surface area contributed by atoms with Crippen LogP contribution in [0.15, 0.2) is 66.7 Å². The second-order valence-corrected chi connectivity index (χ2v) is 6.16. The van der Waals surface area contributed by atoms with Gasteiger partial charge in [0.25, 0.3) is 0 Å². The third-order valence-corrected chi connectivity index (χ3v) is 4.96. The number of hydrogen-bond donors (Lipinski definition) is 0. The molecule has 0 heterocycles. The fourth-order valence-electron chi connectivity index (χ4n) is 3.96. The molecule has 0 saturated heterocycles. The Bertz CT molecular complexity index is 952. The largest absolute Gasteiger partial charge is 0.0795 e. The van der Waals surface area contributed by atoms with E-state index in [4.69, 9.17) is 0 Å². The van der Waals surface area contributed by atoms with Crippen LogP contribution in [0.5, 0.6) is 0 Å². The Morgan fingerprint density at radius 1 is 0.773 bits per heavy atom. The third-order valence-electron chi connectivity index (χ3n) is 4.96. The van der Waals surface area contributed by atoms with Crippen molar-refractivity contribution in [3.8, 4) is 0 Å². The first-order valence-electron chi connectivity index (χ1n) is 7.90. The van der Waals surface area contributed by atoms with Crippen LogP contribution in [0.4, 0.5) is 0 Å². The zero-order valence-electron chi connectivity index (χ0n) is 12.3. The van der Waals surface area contributed by atoms with Gasteiger partial charge in [0.05, 0.1) is 0 Å². The lowest BCUT2D eigenvalue weighted by Gasteiger charge is -2.23. The highest BCUT2D eigenvalue weighted by Crippen LogP contribution is 2.40. The van der Waals surface area contributed by atoms with Gasteiger partial charge in [0.2, 0.25) is 0 Å². The van der Waals surface area contributed by atoms with Crippen molar-refractivity contribution in [3.63, 3.8) is 0 Å². The van der Waals surface area contributed by atoms with Crippen LogP contribution >= 0.6 is 0 Å². The molecule has 0 N–H and O–H groups in total. The standard InChI is InChI=1S/C22H16/c1-7-16-9-4-12-21-20(14-13-17(8-1)22(16)21)19-11-3-6-15-5-2-10-18(15)19/h1-4,6-14,20H,5H2. The van der Waals surface area contributed by atoms with E-state index in [1.165, 1.54) is 38.6 Å². The van der Waals surface area contributed by atoms with Crippen LogP contribution in [0.3, 0.4) is 0 Å². The summed E-state index contributed by atoms with van der Waals surface area (Å²) in [4.78, 5) is 0. The molecule has 0 fully saturated rings. The van der Waals surface area contributed by atoms with Crippen molar-refractivity contribution in [2.24, 2.45) is 0 Å². The van der Waals surface area contributed by atoms with Crippen molar-refractivity contribution in [3.05, 3.63) is 94.6 Å². The normalized spacial score (nSPS) is 17.9. The van der Waals surface area contributed by atoms with Crippen LogP contribution in [0, 0.1) is 0 Å². The molecule has 0 aliphatic heterocycles. The van der Waals surface area contributed by atoms with E-state index in [1.54, 1.807) is 0 Å². The Morgan fingerprint density at radius 2 is 1.59 bits per heavy atom. The van der Waals surface area contributed by atoms with Gasteiger partial charge in [0.1, 0.15) is 0 Å². The maximum atomic E-state index is 2.36. The lowest BCUT2D eigenvalue weighted by Crippen LogP contribution is -2.05. The van der Waals surface area contributed by atoms with Crippen LogP contribution in [-0.4, -0.2) is 0 Å². The second-order valence-electron chi connectivity index (χ2n) is 6.16. The Labute approximate surface area is 130 Å². The van der Waals surface area contributed by atoms with Gasteiger partial charge in [-0.2, -0.15) is 0 Å². The van der Waals surface area contributed by atoms with Crippen molar-refractivity contribution in [2.75, 3.05) is 0 Å². The smallest absolute Gasteiger partial charge is 0.0285 e. The van der Waals surface area contributed by atoms with Crippen LogP contribution in [-0.2, 0) is 6.42 Å². The molecular formula is C22H16. The maximum Gasteiger partial charge on any atom is 0.0285 e. The first-order valence-corrected chi connectivity index (χ1v) is 7.90. The summed E-state index contributed by atoms with van der Waals surface area (Å²) >= 11 is 0. The molecule has 1 atom stereocenters. The topological polar surface area (TPSA) is 0 Å². The van der Waals surface area contributed by atoms with Crippen LogP contribution in [0.2, 0.25) is 0 Å². The molecule has 3 aromatic carbocycles. The molecule has 0 saturated carbocycles. The minimum absolute atomic E-state index is 0.358. The molecule has 3 aromatic rings. The average molecular weight is 280 g/mol. The molecular weight excluding hydrogens is 264 g/mol. The fourth-order valence-corrected chi connectivity index (χ4v) is 3.96. The van der Waals surface area contributed by atoms with Gasteiger partial charge >= 0.3 is 0 Å². The summed E-state index contributed by atoms with van der Waals surface area (Å²) in [5.74, 6) is 0.358. The number of rotatable bonds is 1. The number of fused-ring (bicyclic) bond motifs is 1. The second kappa shape index (κ2) is 4.45. The van der Waals surface area contributed by atoms with Gasteiger partial charge in [0.15, 0.2) is 0 Å². The molecule has 0 nitrogen and oxygen atoms in total. The SMILES string of the molecule is C1=Cc2c(cccc2C2C=Cc3cccc4cccc2c34)C1. The Morgan fingerprint density at radius 3 is 2.55 bits per heavy atom. The Balaban J connectivity index is 1.80. The zero-order valence-corrected chi connectivity index (χ0v) is 12.3. The summed E-state index contributed by atoms with van der Waals surface area (Å²) in [6.45, 7) is 0. The Hall–Kier alpha value is -2.60. The molecule has 0 spiro atoms. The molecule has 5 rings (SSSR count). The molecule has 0 heteroatoms. The highest BCUT2D eigenvalue weighted by molar-refractivity contribution is 5.96. The lowest BCUT2D eigenvalue weighted by atomic mass is 9.80. The molecule has 0 bridgehead atoms. The van der Waals surface area contributed by atoms with Gasteiger partial charge in [-0.3, -0.25) is 0 Å². The van der Waals surface area contributed by atoms with E-state index < -0.39 is 0 Å².